The Morgan fingerprint density at radius 2 is 2.03 bits per heavy atom. The van der Waals surface area contributed by atoms with Crippen LogP contribution in [0.1, 0.15) is 17.5 Å². The van der Waals surface area contributed by atoms with Gasteiger partial charge in [-0.05, 0) is 36.1 Å². The maximum absolute atomic E-state index is 13.6. The number of imidazole rings is 1. The molecule has 158 valence electrons. The number of thioether (sulfide) groups is 1. The Morgan fingerprint density at radius 3 is 2.74 bits per heavy atom. The highest BCUT2D eigenvalue weighted by Gasteiger charge is 2.36. The van der Waals surface area contributed by atoms with Crippen LogP contribution in [0, 0.1) is 11.3 Å². The van der Waals surface area contributed by atoms with E-state index in [0.29, 0.717) is 23.6 Å². The third-order valence-electron chi connectivity index (χ3n) is 4.62. The highest BCUT2D eigenvalue weighted by Crippen LogP contribution is 2.38. The van der Waals surface area contributed by atoms with Crippen molar-refractivity contribution in [2.75, 3.05) is 5.75 Å². The van der Waals surface area contributed by atoms with Gasteiger partial charge < -0.3 is 4.98 Å². The number of fused-ring (bicyclic) bond motifs is 1. The molecule has 0 spiro atoms. The lowest BCUT2D eigenvalue weighted by atomic mass is 10.1. The van der Waals surface area contributed by atoms with Gasteiger partial charge in [-0.25, -0.2) is 9.78 Å². The number of hydrogen-bond donors (Lipinski definition) is 1. The fourth-order valence-electron chi connectivity index (χ4n) is 3.23. The Balaban J connectivity index is 1.57. The van der Waals surface area contributed by atoms with E-state index in [4.69, 9.17) is 0 Å². The molecule has 0 aliphatic heterocycles. The first-order chi connectivity index (χ1) is 14.9. The first kappa shape index (κ1) is 21.2. The molecule has 0 atom stereocenters. The Kier molecular flexibility index (Phi) is 5.89. The van der Waals surface area contributed by atoms with Crippen molar-refractivity contribution in [2.24, 2.45) is 0 Å². The van der Waals surface area contributed by atoms with Gasteiger partial charge in [0, 0.05) is 12.3 Å². The highest BCUT2D eigenvalue weighted by atomic mass is 32.2. The van der Waals surface area contributed by atoms with Gasteiger partial charge in [-0.15, -0.1) is 23.1 Å². The van der Waals surface area contributed by atoms with Crippen LogP contribution in [0.15, 0.2) is 57.7 Å². The molecule has 0 fully saturated rings. The molecule has 5 nitrogen and oxygen atoms in total. The Bertz CT molecular complexity index is 1320. The van der Waals surface area contributed by atoms with Crippen molar-refractivity contribution in [1.29, 1.82) is 5.26 Å². The number of nitrogens with one attached hydrogen (secondary N) is 1. The average molecular weight is 461 g/mol. The molecule has 31 heavy (non-hydrogen) atoms. The smallest absolute Gasteiger partial charge is 0.306 e. The number of aromatic amines is 1. The van der Waals surface area contributed by atoms with Crippen LogP contribution < -0.4 is 5.69 Å². The van der Waals surface area contributed by atoms with Crippen LogP contribution in [-0.4, -0.2) is 20.3 Å². The molecule has 0 aliphatic carbocycles. The molecule has 0 saturated carbocycles. The molecule has 3 heterocycles. The fraction of sp³-hybridized carbons (Fsp3) is 0.190. The summed E-state index contributed by atoms with van der Waals surface area (Å²) in [6.45, 7) is 0.397. The Morgan fingerprint density at radius 1 is 1.23 bits per heavy atom. The van der Waals surface area contributed by atoms with Crippen molar-refractivity contribution >= 4 is 34.1 Å². The lowest BCUT2D eigenvalue weighted by Gasteiger charge is -2.13. The summed E-state index contributed by atoms with van der Waals surface area (Å²) < 4.78 is 42.3. The molecule has 3 aromatic heterocycles. The first-order valence-electron chi connectivity index (χ1n) is 9.25. The molecule has 0 radical (unpaired) electrons. The molecular formula is C21H15F3N4OS2. The molecule has 0 aliphatic rings. The zero-order valence-corrected chi connectivity index (χ0v) is 17.6. The molecule has 1 N–H and O–H groups in total. The van der Waals surface area contributed by atoms with Crippen molar-refractivity contribution in [2.45, 2.75) is 24.2 Å². The van der Waals surface area contributed by atoms with Crippen LogP contribution in [0.4, 0.5) is 13.2 Å². The summed E-state index contributed by atoms with van der Waals surface area (Å²) in [5.41, 5.74) is 0.00280. The summed E-state index contributed by atoms with van der Waals surface area (Å²) in [7, 11) is 0. The number of thiophene rings is 1. The van der Waals surface area contributed by atoms with Crippen LogP contribution in [0.3, 0.4) is 0 Å². The van der Waals surface area contributed by atoms with Crippen molar-refractivity contribution < 1.29 is 13.2 Å². The molecule has 0 unspecified atom stereocenters. The topological polar surface area (TPSA) is 74.5 Å². The summed E-state index contributed by atoms with van der Waals surface area (Å²) in [5.74, 6) is 0.402. The normalized spacial score (nSPS) is 11.7. The van der Waals surface area contributed by atoms with Crippen LogP contribution in [-0.2, 0) is 12.7 Å². The number of nitriles is 1. The SMILES string of the molecule is N#Cc1c(C(F)(F)F)cc(-c2cccs2)nc1SCCCn1c(=O)[nH]c2ccccc21. The van der Waals surface area contributed by atoms with Crippen LogP contribution in [0.2, 0.25) is 0 Å². The summed E-state index contributed by atoms with van der Waals surface area (Å²) in [4.78, 5) is 19.9. The van der Waals surface area contributed by atoms with Gasteiger partial charge in [-0.1, -0.05) is 18.2 Å². The van der Waals surface area contributed by atoms with Crippen LogP contribution in [0.5, 0.6) is 0 Å². The van der Waals surface area contributed by atoms with E-state index in [1.807, 2.05) is 18.2 Å². The molecule has 10 heteroatoms. The van der Waals surface area contributed by atoms with Gasteiger partial charge >= 0.3 is 11.9 Å². The van der Waals surface area contributed by atoms with E-state index in [2.05, 4.69) is 9.97 Å². The highest BCUT2D eigenvalue weighted by molar-refractivity contribution is 7.99. The maximum Gasteiger partial charge on any atom is 0.417 e. The predicted molar refractivity (Wildman–Crippen MR) is 115 cm³/mol. The van der Waals surface area contributed by atoms with Crippen molar-refractivity contribution in [3.05, 3.63) is 69.5 Å². The summed E-state index contributed by atoms with van der Waals surface area (Å²) in [5, 5.41) is 11.2. The third kappa shape index (κ3) is 4.38. The van der Waals surface area contributed by atoms with E-state index in [0.717, 1.165) is 28.9 Å². The number of aromatic nitrogens is 3. The number of hydrogen-bond acceptors (Lipinski definition) is 5. The van der Waals surface area contributed by atoms with E-state index >= 15 is 0 Å². The number of benzene rings is 1. The van der Waals surface area contributed by atoms with Gasteiger partial charge in [-0.3, -0.25) is 4.57 Å². The number of para-hydroxylation sites is 2. The summed E-state index contributed by atoms with van der Waals surface area (Å²) in [6, 6.07) is 13.3. The second kappa shape index (κ2) is 8.61. The average Bonchev–Trinajstić information content (AvgIpc) is 3.38. The molecule has 4 aromatic rings. The zero-order chi connectivity index (χ0) is 22.0. The number of rotatable bonds is 6. The maximum atomic E-state index is 13.6. The van der Waals surface area contributed by atoms with E-state index in [1.54, 1.807) is 34.2 Å². The van der Waals surface area contributed by atoms with Gasteiger partial charge in [0.25, 0.3) is 0 Å². The standard InChI is InChI=1S/C21H15F3N4OS2/c22-21(23,24)14-11-16(18-7-3-9-30-18)26-19(13(14)12-25)31-10-4-8-28-17-6-2-1-5-15(17)27-20(28)29/h1-3,5-7,9,11H,4,8,10H2,(H,27,29). The molecular weight excluding hydrogens is 445 g/mol. The second-order valence-electron chi connectivity index (χ2n) is 6.62. The van der Waals surface area contributed by atoms with Gasteiger partial charge in [0.1, 0.15) is 11.1 Å². The second-order valence-corrected chi connectivity index (χ2v) is 8.65. The van der Waals surface area contributed by atoms with Gasteiger partial charge in [0.05, 0.1) is 32.7 Å². The van der Waals surface area contributed by atoms with Crippen molar-refractivity contribution in [1.82, 2.24) is 14.5 Å². The summed E-state index contributed by atoms with van der Waals surface area (Å²) >= 11 is 2.38. The number of alkyl halides is 3. The summed E-state index contributed by atoms with van der Waals surface area (Å²) in [6.07, 6.45) is -4.14. The van der Waals surface area contributed by atoms with Crippen molar-refractivity contribution in [3.63, 3.8) is 0 Å². The molecule has 0 amide bonds. The van der Waals surface area contributed by atoms with E-state index in [9.17, 15) is 23.2 Å². The monoisotopic (exact) mass is 460 g/mol. The number of halogens is 3. The van der Waals surface area contributed by atoms with Gasteiger partial charge in [0.2, 0.25) is 0 Å². The Hall–Kier alpha value is -3.03. The first-order valence-corrected chi connectivity index (χ1v) is 11.1. The molecule has 0 saturated heterocycles. The number of H-pyrrole nitrogens is 1. The fourth-order valence-corrected chi connectivity index (χ4v) is 4.84. The Labute approximate surface area is 183 Å². The zero-order valence-electron chi connectivity index (χ0n) is 15.9. The minimum atomic E-state index is -4.66. The quantitative estimate of drug-likeness (QED) is 0.303. The molecule has 4 rings (SSSR count). The van der Waals surface area contributed by atoms with E-state index in [1.165, 1.54) is 11.3 Å². The molecule has 0 bridgehead atoms. The van der Waals surface area contributed by atoms with E-state index in [-0.39, 0.29) is 16.4 Å². The largest absolute Gasteiger partial charge is 0.417 e. The minimum Gasteiger partial charge on any atom is -0.306 e. The van der Waals surface area contributed by atoms with Gasteiger partial charge in [0.15, 0.2) is 0 Å². The number of aryl methyl sites for hydroxylation is 1. The number of nitrogens with zero attached hydrogens (tertiary/aromatic N) is 3. The molecule has 1 aromatic carbocycles. The van der Waals surface area contributed by atoms with E-state index < -0.39 is 17.3 Å². The number of pyridine rings is 1. The predicted octanol–water partition coefficient (Wildman–Crippen LogP) is 5.53. The minimum absolute atomic E-state index is 0.0481. The van der Waals surface area contributed by atoms with Crippen LogP contribution in [0.25, 0.3) is 21.6 Å². The van der Waals surface area contributed by atoms with Gasteiger partial charge in [-0.2, -0.15) is 18.4 Å². The lowest BCUT2D eigenvalue weighted by molar-refractivity contribution is -0.138. The van der Waals surface area contributed by atoms with Crippen molar-refractivity contribution in [3.8, 4) is 16.6 Å². The van der Waals surface area contributed by atoms with Crippen LogP contribution >= 0.6 is 23.1 Å². The lowest BCUT2D eigenvalue weighted by Crippen LogP contribution is -2.17. The third-order valence-corrected chi connectivity index (χ3v) is 6.58.